The van der Waals surface area contributed by atoms with Crippen LogP contribution in [0.2, 0.25) is 0 Å². The van der Waals surface area contributed by atoms with Crippen molar-refractivity contribution in [3.63, 3.8) is 0 Å². The van der Waals surface area contributed by atoms with Gasteiger partial charge in [-0.05, 0) is 46.2 Å². The quantitative estimate of drug-likeness (QED) is 0.413. The van der Waals surface area contributed by atoms with E-state index in [-0.39, 0.29) is 17.5 Å². The molecule has 1 amide bonds. The molecule has 34 heavy (non-hydrogen) atoms. The zero-order chi connectivity index (χ0) is 24.5. The normalized spacial score (nSPS) is 15.8. The van der Waals surface area contributed by atoms with Gasteiger partial charge in [0.15, 0.2) is 23.1 Å². The molecule has 1 aliphatic heterocycles. The van der Waals surface area contributed by atoms with Crippen molar-refractivity contribution in [3.05, 3.63) is 69.8 Å². The van der Waals surface area contributed by atoms with Crippen LogP contribution in [0.5, 0.6) is 0 Å². The average Bonchev–Trinajstić information content (AvgIpc) is 3.32. The van der Waals surface area contributed by atoms with Gasteiger partial charge in [-0.2, -0.15) is 5.10 Å². The van der Waals surface area contributed by atoms with Gasteiger partial charge in [0, 0.05) is 36.6 Å². The monoisotopic (exact) mass is 468 g/mol. The van der Waals surface area contributed by atoms with Crippen molar-refractivity contribution >= 4 is 11.6 Å². The summed E-state index contributed by atoms with van der Waals surface area (Å²) in [6.07, 6.45) is 2.15. The van der Waals surface area contributed by atoms with Crippen LogP contribution in [0.3, 0.4) is 0 Å². The van der Waals surface area contributed by atoms with Gasteiger partial charge in [-0.15, -0.1) is 0 Å². The maximum Gasteiger partial charge on any atom is 0.273 e. The number of nitrogens with zero attached hydrogens (tertiary/aromatic N) is 6. The highest BCUT2D eigenvalue weighted by Crippen LogP contribution is 2.37. The van der Waals surface area contributed by atoms with Crippen molar-refractivity contribution in [2.45, 2.75) is 40.2 Å². The molecule has 0 radical (unpaired) electrons. The van der Waals surface area contributed by atoms with Gasteiger partial charge in [0.25, 0.3) is 5.91 Å². The number of aromatic nitrogens is 5. The van der Waals surface area contributed by atoms with Gasteiger partial charge >= 0.3 is 0 Å². The van der Waals surface area contributed by atoms with Gasteiger partial charge < -0.3 is 4.90 Å². The van der Waals surface area contributed by atoms with E-state index in [1.54, 1.807) is 25.1 Å². The summed E-state index contributed by atoms with van der Waals surface area (Å²) in [5.41, 5.74) is 5.41. The van der Waals surface area contributed by atoms with Crippen molar-refractivity contribution in [2.24, 2.45) is 7.05 Å². The van der Waals surface area contributed by atoms with E-state index in [1.807, 2.05) is 25.2 Å². The predicted molar refractivity (Wildman–Crippen MR) is 119 cm³/mol. The van der Waals surface area contributed by atoms with E-state index in [0.717, 1.165) is 29.1 Å². The van der Waals surface area contributed by atoms with Crippen LogP contribution in [0, 0.1) is 38.2 Å². The first kappa shape index (κ1) is 22.1. The Labute approximate surface area is 193 Å². The Morgan fingerprint density at radius 1 is 1.09 bits per heavy atom. The molecule has 0 unspecified atom stereocenters. The second-order valence-corrected chi connectivity index (χ2v) is 8.70. The Bertz CT molecular complexity index is 1470. The molecule has 10 heteroatoms. The number of imidazole rings is 1. The molecule has 176 valence electrons. The second-order valence-electron chi connectivity index (χ2n) is 8.70. The van der Waals surface area contributed by atoms with Crippen LogP contribution in [0.15, 0.2) is 18.3 Å². The molecule has 7 nitrogen and oxygen atoms in total. The van der Waals surface area contributed by atoms with Crippen molar-refractivity contribution in [1.82, 2.24) is 29.0 Å². The van der Waals surface area contributed by atoms with Gasteiger partial charge in [-0.1, -0.05) is 0 Å². The second kappa shape index (κ2) is 7.68. The molecular formula is C24H23F3N6O. The first-order chi connectivity index (χ1) is 16.1. The zero-order valence-corrected chi connectivity index (χ0v) is 19.4. The van der Waals surface area contributed by atoms with E-state index in [2.05, 4.69) is 15.1 Å². The standard InChI is InChI=1S/C24H23F3N6O/c1-11-10-28-13(3)23-29-12(2)21(33(11)23)24(34)32-7-6-16-20(14(32)4)30-31(5)22(16)15-8-17(25)19(27)18(26)9-15/h8-10,14H,6-7H2,1-5H3/t14-/m0/s1. The molecule has 4 heterocycles. The minimum Gasteiger partial charge on any atom is -0.329 e. The summed E-state index contributed by atoms with van der Waals surface area (Å²) in [5, 5.41) is 4.57. The topological polar surface area (TPSA) is 68.3 Å². The maximum absolute atomic E-state index is 13.9. The van der Waals surface area contributed by atoms with Crippen LogP contribution in [-0.4, -0.2) is 41.5 Å². The smallest absolute Gasteiger partial charge is 0.273 e. The van der Waals surface area contributed by atoms with Gasteiger partial charge in [0.2, 0.25) is 0 Å². The lowest BCUT2D eigenvalue weighted by atomic mass is 9.95. The molecule has 5 rings (SSSR count). The fraction of sp³-hybridized carbons (Fsp3) is 0.333. The fourth-order valence-electron chi connectivity index (χ4n) is 4.88. The number of fused-ring (bicyclic) bond motifs is 2. The molecule has 1 aromatic carbocycles. The zero-order valence-electron chi connectivity index (χ0n) is 19.4. The molecule has 3 aromatic heterocycles. The molecule has 0 bridgehead atoms. The summed E-state index contributed by atoms with van der Waals surface area (Å²) in [6.45, 7) is 7.78. The third-order valence-electron chi connectivity index (χ3n) is 6.54. The van der Waals surface area contributed by atoms with E-state index < -0.39 is 17.5 Å². The summed E-state index contributed by atoms with van der Waals surface area (Å²) in [5.74, 6) is -4.19. The van der Waals surface area contributed by atoms with Gasteiger partial charge in [-0.3, -0.25) is 18.9 Å². The molecule has 0 saturated carbocycles. The Morgan fingerprint density at radius 3 is 2.44 bits per heavy atom. The number of amides is 1. The summed E-state index contributed by atoms with van der Waals surface area (Å²) in [6, 6.07) is 1.55. The largest absolute Gasteiger partial charge is 0.329 e. The molecule has 0 fully saturated rings. The number of carbonyl (C=O) groups excluding carboxylic acids is 1. The van der Waals surface area contributed by atoms with Crippen molar-refractivity contribution in [2.75, 3.05) is 6.54 Å². The minimum atomic E-state index is -1.51. The lowest BCUT2D eigenvalue weighted by Gasteiger charge is -2.33. The van der Waals surface area contributed by atoms with E-state index in [1.165, 1.54) is 4.68 Å². The summed E-state index contributed by atoms with van der Waals surface area (Å²) < 4.78 is 44.7. The number of hydrogen-bond donors (Lipinski definition) is 0. The molecule has 1 aliphatic rings. The number of carbonyl (C=O) groups is 1. The van der Waals surface area contributed by atoms with E-state index in [0.29, 0.717) is 41.4 Å². The fourth-order valence-corrected chi connectivity index (χ4v) is 4.88. The maximum atomic E-state index is 13.9. The van der Waals surface area contributed by atoms with Crippen LogP contribution in [-0.2, 0) is 13.5 Å². The van der Waals surface area contributed by atoms with Crippen LogP contribution in [0.25, 0.3) is 16.9 Å². The minimum absolute atomic E-state index is 0.178. The predicted octanol–water partition coefficient (Wildman–Crippen LogP) is 4.23. The lowest BCUT2D eigenvalue weighted by Crippen LogP contribution is -2.39. The number of hydrogen-bond acceptors (Lipinski definition) is 4. The van der Waals surface area contributed by atoms with E-state index >= 15 is 0 Å². The molecule has 1 atom stereocenters. The van der Waals surface area contributed by atoms with E-state index in [4.69, 9.17) is 0 Å². The number of benzene rings is 1. The van der Waals surface area contributed by atoms with Gasteiger partial charge in [-0.25, -0.2) is 18.2 Å². The number of aryl methyl sites for hydroxylation is 4. The highest BCUT2D eigenvalue weighted by atomic mass is 19.2. The van der Waals surface area contributed by atoms with Crippen LogP contribution < -0.4 is 0 Å². The van der Waals surface area contributed by atoms with Crippen LogP contribution in [0.4, 0.5) is 13.2 Å². The summed E-state index contributed by atoms with van der Waals surface area (Å²) in [7, 11) is 1.67. The molecule has 0 spiro atoms. The van der Waals surface area contributed by atoms with Crippen molar-refractivity contribution in [1.29, 1.82) is 0 Å². The molecule has 4 aromatic rings. The van der Waals surface area contributed by atoms with Gasteiger partial charge in [0.1, 0.15) is 5.69 Å². The molecule has 0 N–H and O–H groups in total. The number of halogens is 3. The molecule has 0 saturated heterocycles. The summed E-state index contributed by atoms with van der Waals surface area (Å²) in [4.78, 5) is 24.4. The Morgan fingerprint density at radius 2 is 1.76 bits per heavy atom. The third kappa shape index (κ3) is 3.12. The molecule has 0 aliphatic carbocycles. The van der Waals surface area contributed by atoms with Crippen LogP contribution >= 0.6 is 0 Å². The van der Waals surface area contributed by atoms with E-state index in [9.17, 15) is 18.0 Å². The number of rotatable bonds is 2. The SMILES string of the molecule is Cc1nc2c(C)ncc(C)n2c1C(=O)N1CCc2c(nn(C)c2-c2cc(F)c(F)c(F)c2)[C@@H]1C. The van der Waals surface area contributed by atoms with Crippen LogP contribution in [0.1, 0.15) is 51.8 Å². The van der Waals surface area contributed by atoms with Crippen molar-refractivity contribution in [3.8, 4) is 11.3 Å². The Kier molecular flexibility index (Phi) is 5.00. The Hall–Kier alpha value is -3.69. The lowest BCUT2D eigenvalue weighted by molar-refractivity contribution is 0.0665. The molecular weight excluding hydrogens is 445 g/mol. The average molecular weight is 468 g/mol. The van der Waals surface area contributed by atoms with Crippen molar-refractivity contribution < 1.29 is 18.0 Å². The third-order valence-corrected chi connectivity index (χ3v) is 6.54. The van der Waals surface area contributed by atoms with Gasteiger partial charge in [0.05, 0.1) is 28.8 Å². The Balaban J connectivity index is 1.57. The highest BCUT2D eigenvalue weighted by Gasteiger charge is 2.35. The summed E-state index contributed by atoms with van der Waals surface area (Å²) >= 11 is 0. The first-order valence-corrected chi connectivity index (χ1v) is 10.9. The highest BCUT2D eigenvalue weighted by molar-refractivity contribution is 5.95. The first-order valence-electron chi connectivity index (χ1n) is 10.9.